The summed E-state index contributed by atoms with van der Waals surface area (Å²) < 4.78 is 8.90. The first-order valence-corrected chi connectivity index (χ1v) is 9.39. The predicted molar refractivity (Wildman–Crippen MR) is 109 cm³/mol. The fourth-order valence-electron chi connectivity index (χ4n) is 3.28. The summed E-state index contributed by atoms with van der Waals surface area (Å²) in [7, 11) is 0. The van der Waals surface area contributed by atoms with Gasteiger partial charge in [-0.15, -0.1) is 0 Å². The molecule has 144 valence electrons. The first-order valence-electron chi connectivity index (χ1n) is 9.01. The van der Waals surface area contributed by atoms with E-state index in [1.54, 1.807) is 27.3 Å². The van der Waals surface area contributed by atoms with Gasteiger partial charge in [-0.2, -0.15) is 5.10 Å². The van der Waals surface area contributed by atoms with Crippen LogP contribution in [0.15, 0.2) is 59.4 Å². The number of aryl methyl sites for hydroxylation is 1. The van der Waals surface area contributed by atoms with Crippen molar-refractivity contribution < 1.29 is 9.84 Å². The predicted octanol–water partition coefficient (Wildman–Crippen LogP) is 3.19. The summed E-state index contributed by atoms with van der Waals surface area (Å²) in [5.74, 6) is 0. The highest BCUT2D eigenvalue weighted by Crippen LogP contribution is 2.15. The second kappa shape index (κ2) is 7.75. The minimum atomic E-state index is -0.829. The quantitative estimate of drug-likeness (QED) is 0.542. The van der Waals surface area contributed by atoms with Crippen molar-refractivity contribution in [3.8, 4) is 0 Å². The number of nitrogens with zero attached hydrogens (tertiary/aromatic N) is 3. The molecule has 6 nitrogen and oxygen atoms in total. The number of rotatable bonds is 6. The van der Waals surface area contributed by atoms with Gasteiger partial charge in [0.1, 0.15) is 5.65 Å². The Morgan fingerprint density at radius 3 is 2.71 bits per heavy atom. The van der Waals surface area contributed by atoms with Gasteiger partial charge in [-0.25, -0.2) is 4.52 Å². The third-order valence-corrected chi connectivity index (χ3v) is 4.83. The van der Waals surface area contributed by atoms with E-state index in [-0.39, 0.29) is 18.7 Å². The fourth-order valence-corrected chi connectivity index (χ4v) is 3.40. The lowest BCUT2D eigenvalue weighted by molar-refractivity contribution is 0.0204. The number of hydrogen-bond donors (Lipinski definition) is 1. The second-order valence-electron chi connectivity index (χ2n) is 6.78. The van der Waals surface area contributed by atoms with Crippen molar-refractivity contribution in [2.45, 2.75) is 26.2 Å². The molecule has 7 heteroatoms. The van der Waals surface area contributed by atoms with E-state index in [1.165, 1.54) is 0 Å². The van der Waals surface area contributed by atoms with Crippen molar-refractivity contribution in [1.29, 1.82) is 0 Å². The molecular formula is C21H20ClN3O3. The fraction of sp³-hybridized carbons (Fsp3) is 0.238. The first kappa shape index (κ1) is 18.7. The number of halogens is 1. The largest absolute Gasteiger partial charge is 0.389 e. The highest BCUT2D eigenvalue weighted by atomic mass is 35.5. The Morgan fingerprint density at radius 2 is 1.93 bits per heavy atom. The average molecular weight is 398 g/mol. The van der Waals surface area contributed by atoms with E-state index in [1.807, 2.05) is 43.3 Å². The van der Waals surface area contributed by atoms with Crippen LogP contribution in [0.3, 0.4) is 0 Å². The third kappa shape index (κ3) is 3.67. The van der Waals surface area contributed by atoms with E-state index < -0.39 is 6.10 Å². The maximum absolute atomic E-state index is 13.0. The maximum Gasteiger partial charge on any atom is 0.261 e. The molecule has 2 aromatic carbocycles. The monoisotopic (exact) mass is 397 g/mol. The summed E-state index contributed by atoms with van der Waals surface area (Å²) in [6.45, 7) is 2.48. The molecule has 0 aliphatic rings. The molecular weight excluding hydrogens is 378 g/mol. The summed E-state index contributed by atoms with van der Waals surface area (Å²) in [5, 5.41) is 16.2. The standard InChI is InChI=1S/C21H20ClN3O3/c1-14-10-20-24(21(27)18-4-2-3-5-19(18)25(20)23-14)11-17(26)13-28-12-15-6-8-16(22)9-7-15/h2-10,17,26H,11-13H2,1H3. The van der Waals surface area contributed by atoms with Crippen LogP contribution in [-0.2, 0) is 17.9 Å². The molecule has 4 aromatic rings. The molecule has 1 unspecified atom stereocenters. The highest BCUT2D eigenvalue weighted by Gasteiger charge is 2.15. The van der Waals surface area contributed by atoms with Gasteiger partial charge >= 0.3 is 0 Å². The van der Waals surface area contributed by atoms with Crippen molar-refractivity contribution in [1.82, 2.24) is 14.2 Å². The van der Waals surface area contributed by atoms with Gasteiger partial charge in [-0.05, 0) is 36.8 Å². The minimum Gasteiger partial charge on any atom is -0.389 e. The number of aromatic nitrogens is 3. The molecule has 0 aliphatic heterocycles. The Morgan fingerprint density at radius 1 is 1.18 bits per heavy atom. The summed E-state index contributed by atoms with van der Waals surface area (Å²) in [5.41, 5.74) is 3.02. The normalized spacial score (nSPS) is 12.7. The number of aliphatic hydroxyl groups is 1. The maximum atomic E-state index is 13.0. The molecule has 28 heavy (non-hydrogen) atoms. The lowest BCUT2D eigenvalue weighted by atomic mass is 10.2. The minimum absolute atomic E-state index is 0.112. The second-order valence-corrected chi connectivity index (χ2v) is 7.22. The molecule has 0 saturated carbocycles. The topological polar surface area (TPSA) is 68.8 Å². The van der Waals surface area contributed by atoms with Gasteiger partial charge in [-0.3, -0.25) is 9.36 Å². The molecule has 1 atom stereocenters. The Labute approximate surface area is 166 Å². The summed E-state index contributed by atoms with van der Waals surface area (Å²) in [6, 6.07) is 16.5. The van der Waals surface area contributed by atoms with Crippen molar-refractivity contribution in [3.05, 3.63) is 81.2 Å². The van der Waals surface area contributed by atoms with Crippen LogP contribution in [0.5, 0.6) is 0 Å². The zero-order valence-electron chi connectivity index (χ0n) is 15.4. The van der Waals surface area contributed by atoms with E-state index in [9.17, 15) is 9.90 Å². The Kier molecular flexibility index (Phi) is 5.17. The smallest absolute Gasteiger partial charge is 0.261 e. The lowest BCUT2D eigenvalue weighted by Crippen LogP contribution is -2.30. The Hall–Kier alpha value is -2.67. The van der Waals surface area contributed by atoms with E-state index in [2.05, 4.69) is 5.10 Å². The molecule has 4 rings (SSSR count). The van der Waals surface area contributed by atoms with Crippen molar-refractivity contribution in [3.63, 3.8) is 0 Å². The van der Waals surface area contributed by atoms with Gasteiger partial charge in [0.2, 0.25) is 0 Å². The molecule has 2 aromatic heterocycles. The molecule has 0 fully saturated rings. The van der Waals surface area contributed by atoms with Crippen LogP contribution >= 0.6 is 11.6 Å². The van der Waals surface area contributed by atoms with Crippen LogP contribution < -0.4 is 5.56 Å². The van der Waals surface area contributed by atoms with Gasteiger partial charge in [0, 0.05) is 11.1 Å². The van der Waals surface area contributed by atoms with Gasteiger partial charge in [0.15, 0.2) is 0 Å². The molecule has 2 heterocycles. The Bertz CT molecular complexity index is 1180. The molecule has 0 aliphatic carbocycles. The average Bonchev–Trinajstić information content (AvgIpc) is 3.08. The van der Waals surface area contributed by atoms with Crippen LogP contribution in [0.1, 0.15) is 11.3 Å². The zero-order valence-corrected chi connectivity index (χ0v) is 16.1. The number of fused-ring (bicyclic) bond motifs is 3. The summed E-state index contributed by atoms with van der Waals surface area (Å²) in [6.07, 6.45) is -0.829. The number of benzene rings is 2. The number of para-hydroxylation sites is 1. The van der Waals surface area contributed by atoms with Gasteiger partial charge < -0.3 is 9.84 Å². The summed E-state index contributed by atoms with van der Waals surface area (Å²) in [4.78, 5) is 13.0. The van der Waals surface area contributed by atoms with E-state index in [0.29, 0.717) is 22.7 Å². The lowest BCUT2D eigenvalue weighted by Gasteiger charge is -2.15. The number of ether oxygens (including phenoxy) is 1. The molecule has 1 N–H and O–H groups in total. The van der Waals surface area contributed by atoms with Crippen molar-refractivity contribution in [2.24, 2.45) is 0 Å². The van der Waals surface area contributed by atoms with E-state index in [4.69, 9.17) is 16.3 Å². The van der Waals surface area contributed by atoms with Crippen LogP contribution in [0.2, 0.25) is 5.02 Å². The molecule has 0 spiro atoms. The van der Waals surface area contributed by atoms with Crippen molar-refractivity contribution >= 4 is 28.2 Å². The van der Waals surface area contributed by atoms with Gasteiger partial charge in [0.25, 0.3) is 5.56 Å². The van der Waals surface area contributed by atoms with Crippen molar-refractivity contribution in [2.75, 3.05) is 6.61 Å². The molecule has 0 bridgehead atoms. The van der Waals surface area contributed by atoms with Crippen LogP contribution in [0, 0.1) is 6.92 Å². The van der Waals surface area contributed by atoms with Crippen LogP contribution in [-0.4, -0.2) is 32.0 Å². The Balaban J connectivity index is 1.55. The SMILES string of the molecule is Cc1cc2n(CC(O)COCc3ccc(Cl)cc3)c(=O)c3ccccc3n2n1. The molecule has 0 radical (unpaired) electrons. The number of hydrogen-bond acceptors (Lipinski definition) is 4. The number of aliphatic hydroxyl groups excluding tert-OH is 1. The zero-order chi connectivity index (χ0) is 19.7. The van der Waals surface area contributed by atoms with Crippen LogP contribution in [0.4, 0.5) is 0 Å². The van der Waals surface area contributed by atoms with E-state index >= 15 is 0 Å². The molecule has 0 amide bonds. The van der Waals surface area contributed by atoms with Gasteiger partial charge in [0.05, 0.1) is 42.5 Å². The first-order chi connectivity index (χ1) is 13.5. The van der Waals surface area contributed by atoms with Gasteiger partial charge in [-0.1, -0.05) is 35.9 Å². The third-order valence-electron chi connectivity index (χ3n) is 4.58. The molecule has 0 saturated heterocycles. The van der Waals surface area contributed by atoms with Crippen LogP contribution in [0.25, 0.3) is 16.6 Å². The summed E-state index contributed by atoms with van der Waals surface area (Å²) >= 11 is 5.87. The highest BCUT2D eigenvalue weighted by molar-refractivity contribution is 6.30. The van der Waals surface area contributed by atoms with E-state index in [0.717, 1.165) is 16.8 Å².